The lowest BCUT2D eigenvalue weighted by molar-refractivity contribution is -0.120. The van der Waals surface area contributed by atoms with Gasteiger partial charge in [0.15, 0.2) is 23.0 Å². The normalized spacial score (nSPS) is 12.4. The van der Waals surface area contributed by atoms with Crippen LogP contribution in [0, 0.1) is 3.57 Å². The summed E-state index contributed by atoms with van der Waals surface area (Å²) in [5.74, 6) is 2.32. The third-order valence-corrected chi connectivity index (χ3v) is 5.98. The second kappa shape index (κ2) is 11.4. The second-order valence-electron chi connectivity index (χ2n) is 7.40. The maximum absolute atomic E-state index is 12.3. The average molecular weight is 593 g/mol. The Balaban J connectivity index is 1.36. The molecule has 0 fully saturated rings. The summed E-state index contributed by atoms with van der Waals surface area (Å²) in [6.07, 6.45) is 1.74. The molecule has 1 aliphatic rings. The van der Waals surface area contributed by atoms with Crippen molar-refractivity contribution in [2.75, 3.05) is 20.3 Å². The molecule has 0 saturated carbocycles. The zero-order valence-corrected chi connectivity index (χ0v) is 21.3. The van der Waals surface area contributed by atoms with Gasteiger partial charge in [0, 0.05) is 5.02 Å². The van der Waals surface area contributed by atoms with Crippen LogP contribution < -0.4 is 24.4 Å². The molecule has 7 nitrogen and oxygen atoms in total. The number of halogens is 2. The van der Waals surface area contributed by atoms with Gasteiger partial charge in [0.2, 0.25) is 5.91 Å². The summed E-state index contributed by atoms with van der Waals surface area (Å²) in [4.78, 5) is 12.3. The van der Waals surface area contributed by atoms with Gasteiger partial charge < -0.3 is 18.9 Å². The molecule has 0 aliphatic carbocycles. The molecular weight excluding hydrogens is 571 g/mol. The average Bonchev–Trinajstić information content (AvgIpc) is 2.84. The first-order valence-corrected chi connectivity index (χ1v) is 11.9. The summed E-state index contributed by atoms with van der Waals surface area (Å²) in [7, 11) is 1.58. The van der Waals surface area contributed by atoms with E-state index in [2.05, 4.69) is 33.1 Å². The lowest BCUT2D eigenvalue weighted by Gasteiger charge is -2.18. The molecule has 0 bridgehead atoms. The number of hydrogen-bond acceptors (Lipinski definition) is 6. The number of ether oxygens (including phenoxy) is 4. The number of fused-ring (bicyclic) bond motifs is 1. The topological polar surface area (TPSA) is 78.4 Å². The lowest BCUT2D eigenvalue weighted by atomic mass is 10.1. The van der Waals surface area contributed by atoms with Crippen LogP contribution in [-0.2, 0) is 17.8 Å². The largest absolute Gasteiger partial charge is 0.493 e. The molecule has 1 aliphatic heterocycles. The maximum atomic E-state index is 12.3. The van der Waals surface area contributed by atoms with Gasteiger partial charge in [0.05, 0.1) is 23.3 Å². The molecule has 34 heavy (non-hydrogen) atoms. The smallest absolute Gasteiger partial charge is 0.244 e. The van der Waals surface area contributed by atoms with Crippen LogP contribution in [0.5, 0.6) is 23.0 Å². The van der Waals surface area contributed by atoms with Gasteiger partial charge in [0.1, 0.15) is 19.8 Å². The van der Waals surface area contributed by atoms with Crippen molar-refractivity contribution in [1.29, 1.82) is 0 Å². The number of hydrogen-bond donors (Lipinski definition) is 1. The lowest BCUT2D eigenvalue weighted by Crippen LogP contribution is -2.20. The van der Waals surface area contributed by atoms with E-state index in [1.54, 1.807) is 19.4 Å². The van der Waals surface area contributed by atoms with Crippen LogP contribution in [0.15, 0.2) is 59.7 Å². The molecule has 0 spiro atoms. The van der Waals surface area contributed by atoms with Gasteiger partial charge in [-0.05, 0) is 75.7 Å². The molecule has 1 amide bonds. The van der Waals surface area contributed by atoms with E-state index in [-0.39, 0.29) is 12.3 Å². The van der Waals surface area contributed by atoms with Crippen LogP contribution in [0.4, 0.5) is 0 Å². The minimum absolute atomic E-state index is 0.173. The Bertz CT molecular complexity index is 1200. The summed E-state index contributed by atoms with van der Waals surface area (Å²) in [6.45, 7) is 1.41. The monoisotopic (exact) mass is 592 g/mol. The van der Waals surface area contributed by atoms with E-state index >= 15 is 0 Å². The summed E-state index contributed by atoms with van der Waals surface area (Å²) >= 11 is 8.12. The van der Waals surface area contributed by atoms with Crippen LogP contribution in [0.25, 0.3) is 0 Å². The van der Waals surface area contributed by atoms with E-state index in [9.17, 15) is 4.79 Å². The molecule has 3 aromatic carbocycles. The number of amides is 1. The van der Waals surface area contributed by atoms with Gasteiger partial charge in [-0.2, -0.15) is 5.10 Å². The van der Waals surface area contributed by atoms with Gasteiger partial charge in [-0.3, -0.25) is 4.79 Å². The van der Waals surface area contributed by atoms with Crippen molar-refractivity contribution in [3.63, 3.8) is 0 Å². The molecule has 3 aromatic rings. The van der Waals surface area contributed by atoms with Crippen LogP contribution >= 0.6 is 34.2 Å². The number of carbonyl (C=O) groups is 1. The number of carbonyl (C=O) groups excluding carboxylic acids is 1. The molecule has 0 saturated heterocycles. The molecule has 0 radical (unpaired) electrons. The SMILES string of the molecule is COc1cc(/C=N/NC(=O)Cc2ccc3c(c2)OCCO3)cc(I)c1OCc1ccc(Cl)cc1. The van der Waals surface area contributed by atoms with Gasteiger partial charge in [-0.15, -0.1) is 0 Å². The summed E-state index contributed by atoms with van der Waals surface area (Å²) < 4.78 is 23.4. The zero-order chi connectivity index (χ0) is 23.9. The summed E-state index contributed by atoms with van der Waals surface area (Å²) in [6, 6.07) is 16.6. The number of methoxy groups -OCH3 is 1. The third kappa shape index (κ3) is 6.32. The van der Waals surface area contributed by atoms with Crippen molar-refractivity contribution in [3.05, 3.63) is 79.9 Å². The summed E-state index contributed by atoms with van der Waals surface area (Å²) in [5, 5.41) is 4.76. The molecule has 0 unspecified atom stereocenters. The van der Waals surface area contributed by atoms with Crippen molar-refractivity contribution in [1.82, 2.24) is 5.43 Å². The molecule has 1 heterocycles. The van der Waals surface area contributed by atoms with Crippen molar-refractivity contribution in [3.8, 4) is 23.0 Å². The molecule has 0 aromatic heterocycles. The number of benzene rings is 3. The highest BCUT2D eigenvalue weighted by Gasteiger charge is 2.14. The molecule has 1 N–H and O–H groups in total. The standard InChI is InChI=1S/C25H22ClIN2O5/c1-31-23-12-18(10-20(27)25(23)34-15-16-2-5-19(26)6-3-16)14-28-29-24(30)13-17-4-7-21-22(11-17)33-9-8-32-21/h2-7,10-12,14H,8-9,13,15H2,1H3,(H,29,30)/b28-14+. The second-order valence-corrected chi connectivity index (χ2v) is 9.00. The van der Waals surface area contributed by atoms with Crippen LogP contribution in [0.3, 0.4) is 0 Å². The van der Waals surface area contributed by atoms with E-state index in [0.29, 0.717) is 47.8 Å². The number of nitrogens with zero attached hydrogens (tertiary/aromatic N) is 1. The molecule has 4 rings (SSSR count). The Hall–Kier alpha value is -2.98. The third-order valence-electron chi connectivity index (χ3n) is 4.92. The van der Waals surface area contributed by atoms with Gasteiger partial charge >= 0.3 is 0 Å². The molecule has 0 atom stereocenters. The highest BCUT2D eigenvalue weighted by atomic mass is 127. The minimum atomic E-state index is -0.238. The van der Waals surface area contributed by atoms with E-state index in [4.69, 9.17) is 30.5 Å². The minimum Gasteiger partial charge on any atom is -0.493 e. The van der Waals surface area contributed by atoms with E-state index in [0.717, 1.165) is 20.3 Å². The first-order valence-electron chi connectivity index (χ1n) is 10.5. The Morgan fingerprint density at radius 1 is 1.09 bits per heavy atom. The van der Waals surface area contributed by atoms with Gasteiger partial charge in [0.25, 0.3) is 0 Å². The van der Waals surface area contributed by atoms with Crippen LogP contribution in [0.1, 0.15) is 16.7 Å². The predicted octanol–water partition coefficient (Wildman–Crippen LogP) is 5.00. The molecule has 9 heteroatoms. The van der Waals surface area contributed by atoms with Gasteiger partial charge in [-0.25, -0.2) is 5.43 Å². The number of rotatable bonds is 8. The van der Waals surface area contributed by atoms with Crippen LogP contribution in [-0.4, -0.2) is 32.4 Å². The Labute approximate surface area is 216 Å². The predicted molar refractivity (Wildman–Crippen MR) is 138 cm³/mol. The fourth-order valence-corrected chi connectivity index (χ4v) is 4.20. The maximum Gasteiger partial charge on any atom is 0.244 e. The number of hydrazone groups is 1. The highest BCUT2D eigenvalue weighted by molar-refractivity contribution is 14.1. The van der Waals surface area contributed by atoms with E-state index in [1.165, 1.54) is 0 Å². The Kier molecular flexibility index (Phi) is 8.12. The van der Waals surface area contributed by atoms with E-state index in [1.807, 2.05) is 48.5 Å². The Morgan fingerprint density at radius 3 is 2.59 bits per heavy atom. The van der Waals surface area contributed by atoms with Gasteiger partial charge in [-0.1, -0.05) is 29.8 Å². The molecular formula is C25H22ClIN2O5. The van der Waals surface area contributed by atoms with Crippen molar-refractivity contribution in [2.24, 2.45) is 5.10 Å². The Morgan fingerprint density at radius 2 is 1.82 bits per heavy atom. The number of nitrogens with one attached hydrogen (secondary N) is 1. The fourth-order valence-electron chi connectivity index (χ4n) is 3.29. The van der Waals surface area contributed by atoms with Crippen LogP contribution in [0.2, 0.25) is 5.02 Å². The van der Waals surface area contributed by atoms with Crippen molar-refractivity contribution in [2.45, 2.75) is 13.0 Å². The zero-order valence-electron chi connectivity index (χ0n) is 18.3. The first kappa shape index (κ1) is 24.2. The first-order chi connectivity index (χ1) is 16.5. The van der Waals surface area contributed by atoms with Crippen molar-refractivity contribution < 1.29 is 23.7 Å². The fraction of sp³-hybridized carbons (Fsp3) is 0.200. The quantitative estimate of drug-likeness (QED) is 0.226. The van der Waals surface area contributed by atoms with E-state index < -0.39 is 0 Å². The summed E-state index contributed by atoms with van der Waals surface area (Å²) in [5.41, 5.74) is 5.13. The molecule has 176 valence electrons. The highest BCUT2D eigenvalue weighted by Crippen LogP contribution is 2.34. The van der Waals surface area contributed by atoms with Crippen molar-refractivity contribution >= 4 is 46.3 Å².